The maximum atomic E-state index is 11.9. The fourth-order valence-electron chi connectivity index (χ4n) is 1.45. The van der Waals surface area contributed by atoms with Crippen LogP contribution in [0, 0.1) is 17.0 Å². The zero-order chi connectivity index (χ0) is 14.7. The van der Waals surface area contributed by atoms with Crippen molar-refractivity contribution in [3.8, 4) is 0 Å². The van der Waals surface area contributed by atoms with Crippen LogP contribution in [0.2, 0.25) is 5.15 Å². The summed E-state index contributed by atoms with van der Waals surface area (Å²) < 4.78 is 4.73. The van der Waals surface area contributed by atoms with Gasteiger partial charge in [-0.15, -0.1) is 0 Å². The van der Waals surface area contributed by atoms with Crippen molar-refractivity contribution in [3.05, 3.63) is 44.8 Å². The molecule has 9 nitrogen and oxygen atoms in total. The van der Waals surface area contributed by atoms with Gasteiger partial charge in [0.1, 0.15) is 5.56 Å². The van der Waals surface area contributed by atoms with Gasteiger partial charge in [-0.1, -0.05) is 16.8 Å². The van der Waals surface area contributed by atoms with Crippen LogP contribution in [0.4, 0.5) is 5.69 Å². The molecule has 0 saturated heterocycles. The van der Waals surface area contributed by atoms with E-state index < -0.39 is 16.5 Å². The minimum Gasteiger partial charge on any atom is -0.344 e. The molecule has 0 atom stereocenters. The van der Waals surface area contributed by atoms with Crippen LogP contribution in [-0.2, 0) is 6.54 Å². The van der Waals surface area contributed by atoms with Crippen LogP contribution < -0.4 is 5.32 Å². The highest BCUT2D eigenvalue weighted by atomic mass is 35.5. The fraction of sp³-hybridized carbons (Fsp3) is 0.200. The number of hydrogen-bond donors (Lipinski definition) is 1. The van der Waals surface area contributed by atoms with E-state index >= 15 is 0 Å². The largest absolute Gasteiger partial charge is 0.344 e. The van der Waals surface area contributed by atoms with E-state index in [2.05, 4.69) is 20.4 Å². The molecule has 2 aromatic rings. The van der Waals surface area contributed by atoms with Crippen molar-refractivity contribution in [2.24, 2.45) is 0 Å². The first-order valence-electron chi connectivity index (χ1n) is 5.35. The minimum atomic E-state index is -0.761. The van der Waals surface area contributed by atoms with E-state index in [1.54, 1.807) is 6.92 Å². The van der Waals surface area contributed by atoms with Crippen molar-refractivity contribution < 1.29 is 14.2 Å². The molecule has 0 radical (unpaired) electrons. The SMILES string of the molecule is Cc1nc(CNC(=O)c2ccnc(Cl)c2[N+](=O)[O-])no1. The zero-order valence-corrected chi connectivity index (χ0v) is 10.9. The molecular weight excluding hydrogens is 290 g/mol. The molecule has 2 aromatic heterocycles. The third-order valence-electron chi connectivity index (χ3n) is 2.28. The fourth-order valence-corrected chi connectivity index (χ4v) is 1.68. The summed E-state index contributed by atoms with van der Waals surface area (Å²) in [7, 11) is 0. The second kappa shape index (κ2) is 5.61. The molecule has 0 aliphatic heterocycles. The molecule has 20 heavy (non-hydrogen) atoms. The molecule has 0 unspecified atom stereocenters. The van der Waals surface area contributed by atoms with E-state index in [-0.39, 0.29) is 23.1 Å². The number of nitrogens with zero attached hydrogens (tertiary/aromatic N) is 4. The Labute approximate surface area is 117 Å². The Balaban J connectivity index is 2.17. The molecule has 0 bridgehead atoms. The summed E-state index contributed by atoms with van der Waals surface area (Å²) in [5.41, 5.74) is -0.730. The lowest BCUT2D eigenvalue weighted by molar-refractivity contribution is -0.385. The van der Waals surface area contributed by atoms with Crippen molar-refractivity contribution in [1.29, 1.82) is 0 Å². The highest BCUT2D eigenvalue weighted by Crippen LogP contribution is 2.25. The molecule has 2 rings (SSSR count). The van der Waals surface area contributed by atoms with Gasteiger partial charge < -0.3 is 9.84 Å². The average molecular weight is 298 g/mol. The van der Waals surface area contributed by atoms with Crippen molar-refractivity contribution in [1.82, 2.24) is 20.4 Å². The monoisotopic (exact) mass is 297 g/mol. The number of hydrogen-bond acceptors (Lipinski definition) is 7. The zero-order valence-electron chi connectivity index (χ0n) is 10.2. The first-order valence-corrected chi connectivity index (χ1v) is 5.73. The second-order valence-electron chi connectivity index (χ2n) is 3.67. The van der Waals surface area contributed by atoms with Crippen LogP contribution in [0.15, 0.2) is 16.8 Å². The van der Waals surface area contributed by atoms with Gasteiger partial charge in [0.2, 0.25) is 11.0 Å². The first kappa shape index (κ1) is 13.9. The van der Waals surface area contributed by atoms with E-state index in [0.717, 1.165) is 0 Å². The third-order valence-corrected chi connectivity index (χ3v) is 2.56. The summed E-state index contributed by atoms with van der Waals surface area (Å²) in [6.07, 6.45) is 1.21. The van der Waals surface area contributed by atoms with E-state index in [9.17, 15) is 14.9 Å². The number of pyridine rings is 1. The number of aromatic nitrogens is 3. The molecule has 2 heterocycles. The number of aryl methyl sites for hydroxylation is 1. The topological polar surface area (TPSA) is 124 Å². The van der Waals surface area contributed by atoms with Crippen molar-refractivity contribution in [2.75, 3.05) is 0 Å². The Bertz CT molecular complexity index is 671. The van der Waals surface area contributed by atoms with Crippen molar-refractivity contribution in [2.45, 2.75) is 13.5 Å². The maximum Gasteiger partial charge on any atom is 0.319 e. The third kappa shape index (κ3) is 2.88. The number of nitro groups is 1. The molecule has 1 N–H and O–H groups in total. The Morgan fingerprint density at radius 1 is 1.60 bits per heavy atom. The van der Waals surface area contributed by atoms with Gasteiger partial charge >= 0.3 is 5.69 Å². The standard InChI is InChI=1S/C10H8ClN5O4/c1-5-14-7(15-20-5)4-13-10(17)6-2-3-12-9(11)8(6)16(18)19/h2-3H,4H2,1H3,(H,13,17). The van der Waals surface area contributed by atoms with Gasteiger partial charge in [0.15, 0.2) is 5.82 Å². The van der Waals surface area contributed by atoms with Crippen LogP contribution in [0.5, 0.6) is 0 Å². The van der Waals surface area contributed by atoms with Crippen LogP contribution in [0.25, 0.3) is 0 Å². The Hall–Kier alpha value is -2.55. The first-order chi connectivity index (χ1) is 9.49. The molecule has 0 aliphatic carbocycles. The lowest BCUT2D eigenvalue weighted by Crippen LogP contribution is -2.24. The molecule has 10 heteroatoms. The molecule has 0 aliphatic rings. The summed E-state index contributed by atoms with van der Waals surface area (Å²) in [5.74, 6) is -0.0608. The summed E-state index contributed by atoms with van der Waals surface area (Å²) in [6.45, 7) is 1.58. The summed E-state index contributed by atoms with van der Waals surface area (Å²) in [5, 5.41) is 16.6. The molecule has 1 amide bonds. The van der Waals surface area contributed by atoms with Gasteiger partial charge in [0.25, 0.3) is 5.91 Å². The average Bonchev–Trinajstić information content (AvgIpc) is 2.81. The van der Waals surface area contributed by atoms with Crippen molar-refractivity contribution >= 4 is 23.2 Å². The second-order valence-corrected chi connectivity index (χ2v) is 4.03. The normalized spacial score (nSPS) is 10.3. The highest BCUT2D eigenvalue weighted by Gasteiger charge is 2.24. The molecule has 0 saturated carbocycles. The van der Waals surface area contributed by atoms with Crippen LogP contribution >= 0.6 is 11.6 Å². The van der Waals surface area contributed by atoms with Gasteiger partial charge in [0.05, 0.1) is 11.5 Å². The van der Waals surface area contributed by atoms with Crippen LogP contribution in [-0.4, -0.2) is 26.0 Å². The molecule has 0 fully saturated rings. The van der Waals surface area contributed by atoms with Crippen LogP contribution in [0.3, 0.4) is 0 Å². The number of amides is 1. The van der Waals surface area contributed by atoms with E-state index in [1.165, 1.54) is 12.3 Å². The number of carbonyl (C=O) groups excluding carboxylic acids is 1. The van der Waals surface area contributed by atoms with E-state index in [0.29, 0.717) is 5.89 Å². The van der Waals surface area contributed by atoms with E-state index in [4.69, 9.17) is 16.1 Å². The Morgan fingerprint density at radius 2 is 2.35 bits per heavy atom. The van der Waals surface area contributed by atoms with Gasteiger partial charge in [0, 0.05) is 13.1 Å². The quantitative estimate of drug-likeness (QED) is 0.511. The number of carbonyl (C=O) groups is 1. The van der Waals surface area contributed by atoms with Gasteiger partial charge in [-0.2, -0.15) is 4.98 Å². The highest BCUT2D eigenvalue weighted by molar-refractivity contribution is 6.32. The summed E-state index contributed by atoms with van der Waals surface area (Å²) >= 11 is 5.62. The van der Waals surface area contributed by atoms with Crippen LogP contribution in [0.1, 0.15) is 22.1 Å². The van der Waals surface area contributed by atoms with Gasteiger partial charge in [-0.05, 0) is 6.07 Å². The molecular formula is C10H8ClN5O4. The van der Waals surface area contributed by atoms with Gasteiger partial charge in [-0.3, -0.25) is 14.9 Å². The lowest BCUT2D eigenvalue weighted by atomic mass is 10.2. The predicted molar refractivity (Wildman–Crippen MR) is 66.1 cm³/mol. The Morgan fingerprint density at radius 3 is 2.95 bits per heavy atom. The summed E-state index contributed by atoms with van der Waals surface area (Å²) in [4.78, 5) is 29.5. The van der Waals surface area contributed by atoms with Crippen molar-refractivity contribution in [3.63, 3.8) is 0 Å². The smallest absolute Gasteiger partial charge is 0.319 e. The number of halogens is 1. The number of rotatable bonds is 4. The Kier molecular flexibility index (Phi) is 3.89. The van der Waals surface area contributed by atoms with Gasteiger partial charge in [-0.25, -0.2) is 4.98 Å². The number of nitrogens with one attached hydrogen (secondary N) is 1. The van der Waals surface area contributed by atoms with E-state index in [1.807, 2.05) is 0 Å². The maximum absolute atomic E-state index is 11.9. The molecule has 104 valence electrons. The summed E-state index contributed by atoms with van der Waals surface area (Å²) in [6, 6.07) is 1.21. The minimum absolute atomic E-state index is 0.0206. The molecule has 0 spiro atoms. The lowest BCUT2D eigenvalue weighted by Gasteiger charge is -2.04. The molecule has 0 aromatic carbocycles. The predicted octanol–water partition coefficient (Wildman–Crippen LogP) is 1.26.